The number of aliphatic hydroxyl groups is 1. The fourth-order valence-electron chi connectivity index (χ4n) is 3.22. The Morgan fingerprint density at radius 1 is 1.04 bits per heavy atom. The highest BCUT2D eigenvalue weighted by molar-refractivity contribution is 5.96. The molecule has 5 heteroatoms. The molecule has 1 aliphatic heterocycles. The van der Waals surface area contributed by atoms with Crippen molar-refractivity contribution in [3.63, 3.8) is 0 Å². The van der Waals surface area contributed by atoms with E-state index in [4.69, 9.17) is 0 Å². The molecular weight excluding hydrogens is 304 g/mol. The van der Waals surface area contributed by atoms with Crippen molar-refractivity contribution >= 4 is 17.5 Å². The number of allylic oxidation sites excluding steroid dienone is 2. The highest BCUT2D eigenvalue weighted by atomic mass is 16.3. The number of rotatable bonds is 3. The van der Waals surface area contributed by atoms with Crippen molar-refractivity contribution in [1.29, 1.82) is 0 Å². The van der Waals surface area contributed by atoms with Gasteiger partial charge < -0.3 is 15.3 Å². The summed E-state index contributed by atoms with van der Waals surface area (Å²) in [4.78, 5) is 26.4. The van der Waals surface area contributed by atoms with Gasteiger partial charge in [-0.2, -0.15) is 0 Å². The lowest BCUT2D eigenvalue weighted by Gasteiger charge is -2.29. The van der Waals surface area contributed by atoms with E-state index in [-0.39, 0.29) is 23.8 Å². The summed E-state index contributed by atoms with van der Waals surface area (Å²) in [6.45, 7) is 1.18. The summed E-state index contributed by atoms with van der Waals surface area (Å²) >= 11 is 0. The zero-order chi connectivity index (χ0) is 16.9. The zero-order valence-corrected chi connectivity index (χ0v) is 13.8. The number of nitrogens with one attached hydrogen (secondary N) is 1. The van der Waals surface area contributed by atoms with E-state index >= 15 is 0 Å². The molecule has 0 bridgehead atoms. The van der Waals surface area contributed by atoms with Gasteiger partial charge in [-0.15, -0.1) is 0 Å². The molecule has 1 aromatic rings. The van der Waals surface area contributed by atoms with Crippen LogP contribution >= 0.6 is 0 Å². The number of hydrogen-bond donors (Lipinski definition) is 2. The van der Waals surface area contributed by atoms with Gasteiger partial charge >= 0.3 is 0 Å². The predicted molar refractivity (Wildman–Crippen MR) is 92.7 cm³/mol. The Hall–Kier alpha value is -2.14. The van der Waals surface area contributed by atoms with E-state index in [0.29, 0.717) is 31.5 Å². The van der Waals surface area contributed by atoms with Gasteiger partial charge in [0.25, 0.3) is 5.91 Å². The van der Waals surface area contributed by atoms with Gasteiger partial charge in [-0.3, -0.25) is 9.59 Å². The standard InChI is InChI=1S/C19H24N2O3/c22-17-10-12-21(13-11-17)19(24)15-6-8-16(9-7-15)20-18(23)14-4-2-1-3-5-14/h1-2,6-9,14,17,22H,3-5,10-13H2,(H,20,23). The SMILES string of the molecule is O=C(Nc1ccc(C(=O)N2CCC(O)CC2)cc1)C1CC=CCC1. The molecule has 24 heavy (non-hydrogen) atoms. The fraction of sp³-hybridized carbons (Fsp3) is 0.474. The van der Waals surface area contributed by atoms with Crippen LogP contribution in [0.3, 0.4) is 0 Å². The Labute approximate surface area is 142 Å². The van der Waals surface area contributed by atoms with Gasteiger partial charge in [0, 0.05) is 30.3 Å². The maximum atomic E-state index is 12.4. The molecule has 128 valence electrons. The molecule has 0 spiro atoms. The normalized spacial score (nSPS) is 21.5. The lowest BCUT2D eigenvalue weighted by Crippen LogP contribution is -2.40. The molecule has 1 fully saturated rings. The maximum Gasteiger partial charge on any atom is 0.253 e. The second-order valence-electron chi connectivity index (χ2n) is 6.57. The molecule has 1 saturated heterocycles. The van der Waals surface area contributed by atoms with Crippen LogP contribution in [0.1, 0.15) is 42.5 Å². The second-order valence-corrected chi connectivity index (χ2v) is 6.57. The van der Waals surface area contributed by atoms with E-state index in [1.165, 1.54) is 0 Å². The van der Waals surface area contributed by atoms with Gasteiger partial charge in [0.15, 0.2) is 0 Å². The van der Waals surface area contributed by atoms with Crippen molar-refractivity contribution in [3.05, 3.63) is 42.0 Å². The number of carbonyl (C=O) groups is 2. The molecule has 1 unspecified atom stereocenters. The number of hydrogen-bond acceptors (Lipinski definition) is 3. The van der Waals surface area contributed by atoms with Crippen LogP contribution < -0.4 is 5.32 Å². The van der Waals surface area contributed by atoms with Crippen LogP contribution in [-0.4, -0.2) is 41.0 Å². The third-order valence-electron chi connectivity index (χ3n) is 4.79. The van der Waals surface area contributed by atoms with Gasteiger partial charge in [-0.05, 0) is 56.4 Å². The van der Waals surface area contributed by atoms with Crippen LogP contribution in [-0.2, 0) is 4.79 Å². The van der Waals surface area contributed by atoms with Crippen LogP contribution in [0, 0.1) is 5.92 Å². The maximum absolute atomic E-state index is 12.4. The average molecular weight is 328 g/mol. The quantitative estimate of drug-likeness (QED) is 0.838. The van der Waals surface area contributed by atoms with Crippen molar-refractivity contribution in [2.75, 3.05) is 18.4 Å². The summed E-state index contributed by atoms with van der Waals surface area (Å²) in [7, 11) is 0. The Bertz CT molecular complexity index is 616. The molecule has 2 amide bonds. The third kappa shape index (κ3) is 4.03. The molecule has 0 aromatic heterocycles. The highest BCUT2D eigenvalue weighted by Crippen LogP contribution is 2.21. The minimum absolute atomic E-state index is 0.0165. The molecule has 2 N–H and O–H groups in total. The molecule has 1 aromatic carbocycles. The average Bonchev–Trinajstić information content (AvgIpc) is 2.63. The van der Waals surface area contributed by atoms with Crippen molar-refractivity contribution in [3.8, 4) is 0 Å². The van der Waals surface area contributed by atoms with E-state index in [2.05, 4.69) is 17.5 Å². The molecule has 1 heterocycles. The number of piperidine rings is 1. The lowest BCUT2D eigenvalue weighted by atomic mass is 9.93. The van der Waals surface area contributed by atoms with Crippen molar-refractivity contribution < 1.29 is 14.7 Å². The van der Waals surface area contributed by atoms with Crippen LogP contribution in [0.25, 0.3) is 0 Å². The van der Waals surface area contributed by atoms with E-state index in [0.717, 1.165) is 24.9 Å². The lowest BCUT2D eigenvalue weighted by molar-refractivity contribution is -0.120. The summed E-state index contributed by atoms with van der Waals surface area (Å²) in [5.74, 6) is 0.0664. The summed E-state index contributed by atoms with van der Waals surface area (Å²) in [5.41, 5.74) is 1.34. The fourth-order valence-corrected chi connectivity index (χ4v) is 3.22. The van der Waals surface area contributed by atoms with E-state index < -0.39 is 0 Å². The van der Waals surface area contributed by atoms with Gasteiger partial charge in [-0.1, -0.05) is 12.2 Å². The Kier molecular flexibility index (Phi) is 5.30. The van der Waals surface area contributed by atoms with Gasteiger partial charge in [-0.25, -0.2) is 0 Å². The van der Waals surface area contributed by atoms with E-state index in [1.807, 2.05) is 0 Å². The monoisotopic (exact) mass is 328 g/mol. The Morgan fingerprint density at radius 3 is 2.38 bits per heavy atom. The highest BCUT2D eigenvalue weighted by Gasteiger charge is 2.22. The molecule has 0 saturated carbocycles. The Morgan fingerprint density at radius 2 is 1.75 bits per heavy atom. The van der Waals surface area contributed by atoms with Gasteiger partial charge in [0.1, 0.15) is 0 Å². The van der Waals surface area contributed by atoms with Crippen LogP contribution in [0.2, 0.25) is 0 Å². The zero-order valence-electron chi connectivity index (χ0n) is 13.8. The molecule has 1 aliphatic carbocycles. The number of aliphatic hydroxyl groups excluding tert-OH is 1. The molecule has 3 rings (SSSR count). The predicted octanol–water partition coefficient (Wildman–Crippen LogP) is 2.58. The summed E-state index contributed by atoms with van der Waals surface area (Å²) in [5, 5.41) is 12.5. The molecule has 5 nitrogen and oxygen atoms in total. The summed E-state index contributed by atoms with van der Waals surface area (Å²) in [6.07, 6.45) is 7.79. The number of carbonyl (C=O) groups excluding carboxylic acids is 2. The van der Waals surface area contributed by atoms with Crippen molar-refractivity contribution in [1.82, 2.24) is 4.90 Å². The second kappa shape index (κ2) is 7.62. The minimum atomic E-state index is -0.290. The molecule has 1 atom stereocenters. The number of benzene rings is 1. The largest absolute Gasteiger partial charge is 0.393 e. The number of nitrogens with zero attached hydrogens (tertiary/aromatic N) is 1. The third-order valence-corrected chi connectivity index (χ3v) is 4.79. The topological polar surface area (TPSA) is 69.6 Å². The van der Waals surface area contributed by atoms with E-state index in [1.54, 1.807) is 29.2 Å². The van der Waals surface area contributed by atoms with Crippen LogP contribution in [0.15, 0.2) is 36.4 Å². The van der Waals surface area contributed by atoms with Crippen LogP contribution in [0.5, 0.6) is 0 Å². The van der Waals surface area contributed by atoms with Crippen LogP contribution in [0.4, 0.5) is 5.69 Å². The van der Waals surface area contributed by atoms with Gasteiger partial charge in [0.2, 0.25) is 5.91 Å². The summed E-state index contributed by atoms with van der Waals surface area (Å²) < 4.78 is 0. The molecule has 2 aliphatic rings. The van der Waals surface area contributed by atoms with Crippen molar-refractivity contribution in [2.24, 2.45) is 5.92 Å². The first-order valence-corrected chi connectivity index (χ1v) is 8.67. The first kappa shape index (κ1) is 16.7. The molecule has 0 radical (unpaired) electrons. The molecular formula is C19H24N2O3. The first-order chi connectivity index (χ1) is 11.6. The van der Waals surface area contributed by atoms with Gasteiger partial charge in [0.05, 0.1) is 6.10 Å². The van der Waals surface area contributed by atoms with E-state index in [9.17, 15) is 14.7 Å². The minimum Gasteiger partial charge on any atom is -0.393 e. The number of anilines is 1. The van der Waals surface area contributed by atoms with Crippen molar-refractivity contribution in [2.45, 2.75) is 38.2 Å². The first-order valence-electron chi connectivity index (χ1n) is 8.67. The summed E-state index contributed by atoms with van der Waals surface area (Å²) in [6, 6.07) is 7.07. The number of amides is 2. The Balaban J connectivity index is 1.57. The smallest absolute Gasteiger partial charge is 0.253 e. The number of likely N-dealkylation sites (tertiary alicyclic amines) is 1.